The van der Waals surface area contributed by atoms with Gasteiger partial charge in [-0.1, -0.05) is 411 Å². The van der Waals surface area contributed by atoms with E-state index in [1.807, 2.05) is 41.5 Å². The average molecular weight is 1680 g/mol. The highest BCUT2D eigenvalue weighted by Crippen LogP contribution is 2.19. The van der Waals surface area contributed by atoms with E-state index in [1.54, 1.807) is 0 Å². The molecule has 0 rings (SSSR count). The Labute approximate surface area is 722 Å². The SMILES string of the molecule is CCCCCCCCCC(=O)OCC(C)CO.CCCCCCCCCCC(=O)OCC(C)CO.CCCCCCCCCCCC(=O)OCC(C)CO.CCCCCCCCCCCCC(=O)OCC(C)CO.CCCCCCCCCCCCCC(=O)OCC(C)CO.CCCCCCCCCCCCCCC(=O)OCC(C)CO. The van der Waals surface area contributed by atoms with Gasteiger partial charge in [0.05, 0.1) is 39.6 Å². The number of aliphatic hydroxyl groups excluding tert-OH is 6. The van der Waals surface area contributed by atoms with Crippen molar-refractivity contribution in [1.29, 1.82) is 0 Å². The average Bonchev–Trinajstić information content (AvgIpc) is 1.07. The zero-order valence-electron chi connectivity index (χ0n) is 79.1. The van der Waals surface area contributed by atoms with Crippen LogP contribution in [0.5, 0.6) is 0 Å². The third-order valence-corrected chi connectivity index (χ3v) is 20.7. The number of unbranched alkanes of at least 4 members (excludes halogenated alkanes) is 51. The Bertz CT molecular complexity index is 1960. The van der Waals surface area contributed by atoms with Gasteiger partial charge >= 0.3 is 35.8 Å². The van der Waals surface area contributed by atoms with Crippen LogP contribution in [-0.2, 0) is 57.2 Å². The van der Waals surface area contributed by atoms with Crippen LogP contribution in [0.2, 0.25) is 0 Å². The third kappa shape index (κ3) is 119. The number of rotatable bonds is 81. The van der Waals surface area contributed by atoms with Crippen LogP contribution in [0.4, 0.5) is 0 Å². The molecule has 18 nitrogen and oxygen atoms in total. The van der Waals surface area contributed by atoms with Crippen LogP contribution in [-0.4, -0.2) is 146 Å². The molecule has 6 unspecified atom stereocenters. The van der Waals surface area contributed by atoms with Crippen LogP contribution in [0.3, 0.4) is 0 Å². The van der Waals surface area contributed by atoms with Gasteiger partial charge in [0.1, 0.15) is 0 Å². The molecule has 702 valence electrons. The fourth-order valence-electron chi connectivity index (χ4n) is 12.2. The second-order valence-corrected chi connectivity index (χ2v) is 34.4. The van der Waals surface area contributed by atoms with Crippen molar-refractivity contribution >= 4 is 35.8 Å². The third-order valence-electron chi connectivity index (χ3n) is 20.7. The summed E-state index contributed by atoms with van der Waals surface area (Å²) in [5.41, 5.74) is 0. The molecule has 0 amide bonds. The predicted molar refractivity (Wildman–Crippen MR) is 488 cm³/mol. The minimum Gasteiger partial charge on any atom is -0.465 e. The summed E-state index contributed by atoms with van der Waals surface area (Å²) in [7, 11) is 0. The van der Waals surface area contributed by atoms with E-state index in [0.717, 1.165) is 77.0 Å². The Morgan fingerprint density at radius 3 is 0.333 bits per heavy atom. The molecule has 0 bridgehead atoms. The quantitative estimate of drug-likeness (QED) is 0.0187. The van der Waals surface area contributed by atoms with Gasteiger partial charge in [0.25, 0.3) is 0 Å². The van der Waals surface area contributed by atoms with Crippen molar-refractivity contribution in [2.24, 2.45) is 35.5 Å². The van der Waals surface area contributed by atoms with Gasteiger partial charge in [-0.2, -0.15) is 0 Å². The van der Waals surface area contributed by atoms with Gasteiger partial charge in [0.2, 0.25) is 0 Å². The van der Waals surface area contributed by atoms with E-state index in [4.69, 9.17) is 59.1 Å². The summed E-state index contributed by atoms with van der Waals surface area (Å²) in [6, 6.07) is 0. The van der Waals surface area contributed by atoms with Crippen molar-refractivity contribution in [3.05, 3.63) is 0 Å². The largest absolute Gasteiger partial charge is 0.465 e. The van der Waals surface area contributed by atoms with Crippen LogP contribution < -0.4 is 0 Å². The van der Waals surface area contributed by atoms with Crippen molar-refractivity contribution in [3.63, 3.8) is 0 Å². The minimum atomic E-state index is -0.126. The maximum Gasteiger partial charge on any atom is 0.305 e. The topological polar surface area (TPSA) is 279 Å². The molecule has 6 N–H and O–H groups in total. The molecule has 18 heteroatoms. The van der Waals surface area contributed by atoms with Gasteiger partial charge in [0.15, 0.2) is 0 Å². The Morgan fingerprint density at radius 1 is 0.162 bits per heavy atom. The molecule has 0 saturated carbocycles. The second kappa shape index (κ2) is 109. The van der Waals surface area contributed by atoms with Crippen molar-refractivity contribution in [1.82, 2.24) is 0 Å². The molecule has 0 fully saturated rings. The minimum absolute atomic E-state index is 0.0472. The predicted octanol–water partition coefficient (Wildman–Crippen LogP) is 25.6. The Hall–Kier alpha value is -3.42. The van der Waals surface area contributed by atoms with E-state index in [9.17, 15) is 28.8 Å². The van der Waals surface area contributed by atoms with E-state index < -0.39 is 0 Å². The first-order chi connectivity index (χ1) is 56.7. The highest BCUT2D eigenvalue weighted by atomic mass is 16.6. The number of hydrogen-bond donors (Lipinski definition) is 6. The summed E-state index contributed by atoms with van der Waals surface area (Å²) in [5, 5.41) is 52.9. The molecule has 0 heterocycles. The fraction of sp³-hybridized carbons (Fsp3) is 0.939. The van der Waals surface area contributed by atoms with Crippen LogP contribution in [0, 0.1) is 35.5 Å². The zero-order valence-corrected chi connectivity index (χ0v) is 79.1. The number of esters is 6. The molecule has 0 aromatic carbocycles. The lowest BCUT2D eigenvalue weighted by atomic mass is 10.0. The van der Waals surface area contributed by atoms with Crippen LogP contribution >= 0.6 is 0 Å². The van der Waals surface area contributed by atoms with Gasteiger partial charge in [-0.3, -0.25) is 28.8 Å². The monoisotopic (exact) mass is 1680 g/mol. The van der Waals surface area contributed by atoms with Gasteiger partial charge in [-0.15, -0.1) is 0 Å². The lowest BCUT2D eigenvalue weighted by Gasteiger charge is -2.08. The lowest BCUT2D eigenvalue weighted by molar-refractivity contribution is -0.146. The van der Waals surface area contributed by atoms with E-state index in [0.29, 0.717) is 78.2 Å². The van der Waals surface area contributed by atoms with Gasteiger partial charge < -0.3 is 59.1 Å². The summed E-state index contributed by atoms with van der Waals surface area (Å²) in [6.07, 6.45) is 75.3. The number of aliphatic hydroxyl groups is 6. The molecule has 117 heavy (non-hydrogen) atoms. The summed E-state index contributed by atoms with van der Waals surface area (Å²) in [6.45, 7) is 27.1. The zero-order chi connectivity index (χ0) is 88.2. The summed E-state index contributed by atoms with van der Waals surface area (Å²) < 4.78 is 30.4. The maximum absolute atomic E-state index is 11.4. The molecule has 0 saturated heterocycles. The Morgan fingerprint density at radius 2 is 0.248 bits per heavy atom. The van der Waals surface area contributed by atoms with Gasteiger partial charge in [0, 0.05) is 114 Å². The summed E-state index contributed by atoms with van der Waals surface area (Å²) in [5.74, 6) is -0.441. The van der Waals surface area contributed by atoms with Crippen molar-refractivity contribution in [2.75, 3.05) is 79.3 Å². The number of hydrogen-bond acceptors (Lipinski definition) is 18. The van der Waals surface area contributed by atoms with Crippen molar-refractivity contribution in [3.8, 4) is 0 Å². The molecular weight excluding hydrogens is 1480 g/mol. The standard InChI is InChI=1S/C19H38O3.C18H36O3.C17H34O3.C16H32O3.C15H30O3.C14H28O3/c1-3-4-5-6-7-8-9-10-11-12-13-14-15-19(21)22-17-18(2)16-20;1-3-4-5-6-7-8-9-10-11-12-13-14-18(20)21-16-17(2)15-19;1-3-4-5-6-7-8-9-10-11-12-13-17(19)20-15-16(2)14-18;1-3-4-5-6-7-8-9-10-11-12-16(18)19-14-15(2)13-17;1-3-4-5-6-7-8-9-10-11-15(17)18-13-14(2)12-16;1-3-4-5-6-7-8-9-10-14(16)17-12-13(2)11-15/h18,20H,3-17H2,1-2H3;17,19H,3-16H2,1-2H3;16,18H,3-15H2,1-2H3;15,17H,3-14H2,1-2H3;14,16H,3-13H2,1-2H3;13,15H,3-12H2,1-2H3. The molecular formula is C99H198O18. The Balaban J connectivity index is -0.000000317. The number of ether oxygens (including phenoxy) is 6. The highest BCUT2D eigenvalue weighted by Gasteiger charge is 2.13. The molecule has 0 aliphatic rings. The molecule has 0 aromatic heterocycles. The first-order valence-corrected chi connectivity index (χ1v) is 49.3. The lowest BCUT2D eigenvalue weighted by Crippen LogP contribution is -2.14. The number of carbonyl (C=O) groups is 6. The van der Waals surface area contributed by atoms with Crippen LogP contribution in [0.25, 0.3) is 0 Å². The van der Waals surface area contributed by atoms with E-state index in [1.165, 1.54) is 289 Å². The molecule has 6 atom stereocenters. The molecule has 0 aliphatic heterocycles. The van der Waals surface area contributed by atoms with E-state index in [-0.39, 0.29) is 111 Å². The van der Waals surface area contributed by atoms with Gasteiger partial charge in [-0.25, -0.2) is 0 Å². The fourth-order valence-corrected chi connectivity index (χ4v) is 12.2. The van der Waals surface area contributed by atoms with Crippen LogP contribution in [0.1, 0.15) is 488 Å². The summed E-state index contributed by atoms with van der Waals surface area (Å²) >= 11 is 0. The second-order valence-electron chi connectivity index (χ2n) is 34.4. The molecule has 0 spiro atoms. The Kier molecular flexibility index (Phi) is 116. The molecule has 0 aliphatic carbocycles. The van der Waals surface area contributed by atoms with Crippen molar-refractivity contribution in [2.45, 2.75) is 488 Å². The smallest absolute Gasteiger partial charge is 0.305 e. The first kappa shape index (κ1) is 124. The van der Waals surface area contributed by atoms with E-state index in [2.05, 4.69) is 41.5 Å². The maximum atomic E-state index is 11.4. The van der Waals surface area contributed by atoms with E-state index >= 15 is 0 Å². The van der Waals surface area contributed by atoms with Gasteiger partial charge in [-0.05, 0) is 38.5 Å². The highest BCUT2D eigenvalue weighted by molar-refractivity contribution is 5.71. The first-order valence-electron chi connectivity index (χ1n) is 49.3. The molecule has 0 aromatic rings. The van der Waals surface area contributed by atoms with Crippen LogP contribution in [0.15, 0.2) is 0 Å². The van der Waals surface area contributed by atoms with Crippen molar-refractivity contribution < 1.29 is 87.8 Å². The summed E-state index contributed by atoms with van der Waals surface area (Å²) in [4.78, 5) is 68.3. The molecule has 0 radical (unpaired) electrons. The number of carbonyl (C=O) groups excluding carboxylic acids is 6. The normalized spacial score (nSPS) is 12.4.